The van der Waals surface area contributed by atoms with Gasteiger partial charge < -0.3 is 4.42 Å². The van der Waals surface area contributed by atoms with E-state index in [0.29, 0.717) is 16.9 Å². The average Bonchev–Trinajstić information content (AvgIpc) is 2.87. The largest absolute Gasteiger partial charge is 0.451 e. The molecule has 0 aliphatic heterocycles. The summed E-state index contributed by atoms with van der Waals surface area (Å²) < 4.78 is 5.24. The quantitative estimate of drug-likeness (QED) is 0.501. The molecule has 1 amide bonds. The zero-order valence-corrected chi connectivity index (χ0v) is 9.91. The van der Waals surface area contributed by atoms with Crippen molar-refractivity contribution >= 4 is 11.6 Å². The van der Waals surface area contributed by atoms with Gasteiger partial charge in [0.2, 0.25) is 0 Å². The SMILES string of the molecule is Cc1c(-c2ccc(C(=O)NO)o2)cccc1[N+](=O)[O-]. The van der Waals surface area contributed by atoms with Gasteiger partial charge in [-0.1, -0.05) is 12.1 Å². The Morgan fingerprint density at radius 3 is 2.74 bits per heavy atom. The van der Waals surface area contributed by atoms with E-state index in [9.17, 15) is 14.9 Å². The minimum atomic E-state index is -0.783. The number of nitro benzene ring substituents is 1. The van der Waals surface area contributed by atoms with Crippen molar-refractivity contribution in [2.75, 3.05) is 0 Å². The van der Waals surface area contributed by atoms with Crippen LogP contribution in [0, 0.1) is 17.0 Å². The van der Waals surface area contributed by atoms with E-state index in [2.05, 4.69) is 0 Å². The summed E-state index contributed by atoms with van der Waals surface area (Å²) in [4.78, 5) is 21.5. The summed E-state index contributed by atoms with van der Waals surface area (Å²) in [5.74, 6) is -0.544. The van der Waals surface area contributed by atoms with Crippen molar-refractivity contribution < 1.29 is 19.3 Å². The summed E-state index contributed by atoms with van der Waals surface area (Å²) in [5.41, 5.74) is 2.39. The zero-order valence-electron chi connectivity index (χ0n) is 9.91. The lowest BCUT2D eigenvalue weighted by atomic mass is 10.1. The highest BCUT2D eigenvalue weighted by Gasteiger charge is 2.17. The van der Waals surface area contributed by atoms with E-state index in [1.165, 1.54) is 29.7 Å². The average molecular weight is 262 g/mol. The van der Waals surface area contributed by atoms with Crippen LogP contribution < -0.4 is 5.48 Å². The molecular formula is C12H10N2O5. The molecular weight excluding hydrogens is 252 g/mol. The van der Waals surface area contributed by atoms with Gasteiger partial charge in [-0.05, 0) is 19.1 Å². The Morgan fingerprint density at radius 2 is 2.11 bits per heavy atom. The highest BCUT2D eigenvalue weighted by atomic mass is 16.6. The normalized spacial score (nSPS) is 10.2. The second-order valence-electron chi connectivity index (χ2n) is 3.81. The van der Waals surface area contributed by atoms with E-state index >= 15 is 0 Å². The Labute approximate surface area is 107 Å². The Balaban J connectivity index is 2.48. The van der Waals surface area contributed by atoms with Crippen LogP contribution in [0.4, 0.5) is 5.69 Å². The molecule has 0 aliphatic carbocycles. The third-order valence-corrected chi connectivity index (χ3v) is 2.70. The molecule has 0 atom stereocenters. The smallest absolute Gasteiger partial charge is 0.310 e. The Bertz CT molecular complexity index is 647. The number of nitrogens with zero attached hydrogens (tertiary/aromatic N) is 1. The van der Waals surface area contributed by atoms with Gasteiger partial charge in [0.1, 0.15) is 5.76 Å². The van der Waals surface area contributed by atoms with Gasteiger partial charge in [0.15, 0.2) is 5.76 Å². The number of hydroxylamine groups is 1. The lowest BCUT2D eigenvalue weighted by Crippen LogP contribution is -2.17. The molecule has 0 aliphatic rings. The van der Waals surface area contributed by atoms with E-state index < -0.39 is 10.8 Å². The van der Waals surface area contributed by atoms with Crippen LogP contribution in [0.2, 0.25) is 0 Å². The summed E-state index contributed by atoms with van der Waals surface area (Å²) >= 11 is 0. The number of hydrogen-bond donors (Lipinski definition) is 2. The van der Waals surface area contributed by atoms with Crippen molar-refractivity contribution in [2.24, 2.45) is 0 Å². The second kappa shape index (κ2) is 4.91. The van der Waals surface area contributed by atoms with Gasteiger partial charge in [-0.3, -0.25) is 20.1 Å². The van der Waals surface area contributed by atoms with E-state index in [-0.39, 0.29) is 11.4 Å². The fourth-order valence-corrected chi connectivity index (χ4v) is 1.75. The van der Waals surface area contributed by atoms with Crippen molar-refractivity contribution in [3.05, 3.63) is 51.8 Å². The Morgan fingerprint density at radius 1 is 1.37 bits per heavy atom. The monoisotopic (exact) mass is 262 g/mol. The van der Waals surface area contributed by atoms with Crippen LogP contribution in [0.3, 0.4) is 0 Å². The molecule has 2 N–H and O–H groups in total. The molecule has 0 unspecified atom stereocenters. The number of nitro groups is 1. The highest BCUT2D eigenvalue weighted by Crippen LogP contribution is 2.30. The van der Waals surface area contributed by atoms with Crippen LogP contribution in [0.25, 0.3) is 11.3 Å². The number of carbonyl (C=O) groups excluding carboxylic acids is 1. The number of rotatable bonds is 3. The summed E-state index contributed by atoms with van der Waals surface area (Å²) in [7, 11) is 0. The molecule has 0 saturated carbocycles. The zero-order chi connectivity index (χ0) is 14.0. The third-order valence-electron chi connectivity index (χ3n) is 2.70. The number of hydrogen-bond acceptors (Lipinski definition) is 5. The van der Waals surface area contributed by atoms with E-state index in [1.54, 1.807) is 13.0 Å². The van der Waals surface area contributed by atoms with Crippen LogP contribution in [-0.2, 0) is 0 Å². The maximum Gasteiger partial charge on any atom is 0.310 e. The molecule has 19 heavy (non-hydrogen) atoms. The topological polar surface area (TPSA) is 106 Å². The predicted octanol–water partition coefficient (Wildman–Crippen LogP) is 2.28. The summed E-state index contributed by atoms with van der Waals surface area (Å²) in [6.07, 6.45) is 0. The van der Waals surface area contributed by atoms with Crippen LogP contribution in [0.15, 0.2) is 34.7 Å². The first-order chi connectivity index (χ1) is 9.04. The molecule has 0 bridgehead atoms. The van der Waals surface area contributed by atoms with Crippen molar-refractivity contribution in [1.29, 1.82) is 0 Å². The summed E-state index contributed by atoms with van der Waals surface area (Å²) in [6, 6.07) is 7.47. The van der Waals surface area contributed by atoms with Gasteiger partial charge in [-0.2, -0.15) is 0 Å². The number of nitrogens with one attached hydrogen (secondary N) is 1. The van der Waals surface area contributed by atoms with E-state index in [4.69, 9.17) is 9.62 Å². The van der Waals surface area contributed by atoms with Gasteiger partial charge in [0.05, 0.1) is 4.92 Å². The van der Waals surface area contributed by atoms with Crippen LogP contribution >= 0.6 is 0 Å². The number of benzene rings is 1. The molecule has 1 aromatic carbocycles. The Hall–Kier alpha value is -2.67. The van der Waals surface area contributed by atoms with Crippen molar-refractivity contribution in [3.63, 3.8) is 0 Å². The maximum absolute atomic E-state index is 11.2. The van der Waals surface area contributed by atoms with Crippen molar-refractivity contribution in [3.8, 4) is 11.3 Å². The summed E-state index contributed by atoms with van der Waals surface area (Å²) in [5, 5.41) is 19.3. The minimum Gasteiger partial charge on any atom is -0.451 e. The Kier molecular flexibility index (Phi) is 3.30. The molecule has 1 heterocycles. The third kappa shape index (κ3) is 2.31. The predicted molar refractivity (Wildman–Crippen MR) is 64.8 cm³/mol. The van der Waals surface area contributed by atoms with Gasteiger partial charge in [0, 0.05) is 17.2 Å². The first kappa shape index (κ1) is 12.8. The molecule has 98 valence electrons. The van der Waals surface area contributed by atoms with Gasteiger partial charge in [0.25, 0.3) is 5.69 Å². The molecule has 0 spiro atoms. The standard InChI is InChI=1S/C12H10N2O5/c1-7-8(3-2-4-9(7)14(17)18)10-5-6-11(19-10)12(15)13-16/h2-6,16H,1H3,(H,13,15). The molecule has 2 aromatic rings. The fourth-order valence-electron chi connectivity index (χ4n) is 1.75. The second-order valence-corrected chi connectivity index (χ2v) is 3.81. The number of furan rings is 1. The van der Waals surface area contributed by atoms with Crippen LogP contribution in [-0.4, -0.2) is 16.0 Å². The number of carbonyl (C=O) groups is 1. The highest BCUT2D eigenvalue weighted by molar-refractivity contribution is 5.91. The van der Waals surface area contributed by atoms with Crippen LogP contribution in [0.5, 0.6) is 0 Å². The first-order valence-corrected chi connectivity index (χ1v) is 5.33. The lowest BCUT2D eigenvalue weighted by molar-refractivity contribution is -0.385. The summed E-state index contributed by atoms with van der Waals surface area (Å²) in [6.45, 7) is 1.60. The molecule has 1 aromatic heterocycles. The van der Waals surface area contributed by atoms with Gasteiger partial charge >= 0.3 is 5.91 Å². The van der Waals surface area contributed by atoms with E-state index in [0.717, 1.165) is 0 Å². The molecule has 0 saturated heterocycles. The minimum absolute atomic E-state index is 0.0259. The number of amides is 1. The molecule has 7 heteroatoms. The van der Waals surface area contributed by atoms with Crippen molar-refractivity contribution in [2.45, 2.75) is 6.92 Å². The van der Waals surface area contributed by atoms with E-state index in [1.807, 2.05) is 0 Å². The van der Waals surface area contributed by atoms with Crippen LogP contribution in [0.1, 0.15) is 16.1 Å². The van der Waals surface area contributed by atoms with Crippen molar-refractivity contribution in [1.82, 2.24) is 5.48 Å². The molecule has 0 fully saturated rings. The first-order valence-electron chi connectivity index (χ1n) is 5.33. The van der Waals surface area contributed by atoms with Gasteiger partial charge in [-0.15, -0.1) is 0 Å². The fraction of sp³-hybridized carbons (Fsp3) is 0.0833. The van der Waals surface area contributed by atoms with Gasteiger partial charge in [-0.25, -0.2) is 5.48 Å². The molecule has 0 radical (unpaired) electrons. The molecule has 2 rings (SSSR count). The molecule has 7 nitrogen and oxygen atoms in total. The lowest BCUT2D eigenvalue weighted by Gasteiger charge is -2.03. The maximum atomic E-state index is 11.2.